The lowest BCUT2D eigenvalue weighted by Gasteiger charge is -2.23. The van der Waals surface area contributed by atoms with E-state index in [1.54, 1.807) is 48.5 Å². The average molecular weight is 238 g/mol. The molecule has 18 heavy (non-hydrogen) atoms. The van der Waals surface area contributed by atoms with Crippen LogP contribution in [0, 0.1) is 16.2 Å². The zero-order valence-corrected chi connectivity index (χ0v) is 9.48. The van der Waals surface area contributed by atoms with E-state index >= 15 is 0 Å². The standard InChI is InChI=1S/C14H10N2O2/c15-11-14(18-16-17,12-7-3-1-4-8-12)13-9-5-2-6-10-13/h1-10H. The monoisotopic (exact) mass is 238 g/mol. The number of hydrogen-bond donors (Lipinski definition) is 0. The minimum atomic E-state index is -1.50. The fourth-order valence-corrected chi connectivity index (χ4v) is 1.82. The van der Waals surface area contributed by atoms with Crippen molar-refractivity contribution in [1.29, 1.82) is 5.26 Å². The third-order valence-electron chi connectivity index (χ3n) is 2.69. The molecule has 0 bridgehead atoms. The molecule has 2 aromatic carbocycles. The molecule has 0 aliphatic heterocycles. The third-order valence-corrected chi connectivity index (χ3v) is 2.69. The Morgan fingerprint density at radius 2 is 1.39 bits per heavy atom. The maximum Gasteiger partial charge on any atom is 0.275 e. The highest BCUT2D eigenvalue weighted by molar-refractivity contribution is 5.42. The zero-order chi connectivity index (χ0) is 12.8. The minimum absolute atomic E-state index is 0.568. The Morgan fingerprint density at radius 1 is 0.944 bits per heavy atom. The van der Waals surface area contributed by atoms with Crippen LogP contribution in [0.4, 0.5) is 0 Å². The van der Waals surface area contributed by atoms with Crippen molar-refractivity contribution in [2.45, 2.75) is 5.60 Å². The lowest BCUT2D eigenvalue weighted by Crippen LogP contribution is -2.27. The molecule has 0 amide bonds. The molecule has 0 N–H and O–H groups in total. The molecule has 0 fully saturated rings. The Balaban J connectivity index is 2.62. The van der Waals surface area contributed by atoms with Gasteiger partial charge in [-0.05, 0) is 0 Å². The predicted molar refractivity (Wildman–Crippen MR) is 66.2 cm³/mol. The molecule has 2 rings (SSSR count). The highest BCUT2D eigenvalue weighted by Gasteiger charge is 2.38. The molecule has 0 unspecified atom stereocenters. The van der Waals surface area contributed by atoms with Gasteiger partial charge in [-0.3, -0.25) is 0 Å². The van der Waals surface area contributed by atoms with Gasteiger partial charge in [0.2, 0.25) is 0 Å². The molecule has 4 nitrogen and oxygen atoms in total. The van der Waals surface area contributed by atoms with Gasteiger partial charge in [0, 0.05) is 11.1 Å². The van der Waals surface area contributed by atoms with Gasteiger partial charge in [0.1, 0.15) is 6.07 Å². The van der Waals surface area contributed by atoms with E-state index in [-0.39, 0.29) is 0 Å². The average Bonchev–Trinajstić information content (AvgIpc) is 2.47. The molecule has 0 aliphatic carbocycles. The Labute approximate surface area is 104 Å². The van der Waals surface area contributed by atoms with Crippen molar-refractivity contribution in [2.24, 2.45) is 5.34 Å². The molecule has 0 spiro atoms. The highest BCUT2D eigenvalue weighted by atomic mass is 16.7. The molecule has 0 saturated heterocycles. The van der Waals surface area contributed by atoms with E-state index in [0.717, 1.165) is 0 Å². The Kier molecular flexibility index (Phi) is 3.35. The predicted octanol–water partition coefficient (Wildman–Crippen LogP) is 3.15. The third kappa shape index (κ3) is 1.94. The van der Waals surface area contributed by atoms with Crippen LogP contribution in [0.2, 0.25) is 0 Å². The van der Waals surface area contributed by atoms with Crippen LogP contribution in [0.1, 0.15) is 11.1 Å². The van der Waals surface area contributed by atoms with E-state index in [1.165, 1.54) is 0 Å². The van der Waals surface area contributed by atoms with Gasteiger partial charge in [-0.2, -0.15) is 5.26 Å². The molecule has 0 atom stereocenters. The van der Waals surface area contributed by atoms with E-state index in [2.05, 4.69) is 5.34 Å². The lowest BCUT2D eigenvalue weighted by molar-refractivity contribution is 0.0260. The molecule has 4 heteroatoms. The Bertz CT molecular complexity index is 522. The van der Waals surface area contributed by atoms with Gasteiger partial charge in [0.05, 0.1) is 0 Å². The summed E-state index contributed by atoms with van der Waals surface area (Å²) in [4.78, 5) is 15.4. The van der Waals surface area contributed by atoms with E-state index in [1.807, 2.05) is 18.2 Å². The molecule has 0 heterocycles. The maximum atomic E-state index is 10.5. The first kappa shape index (κ1) is 11.8. The van der Waals surface area contributed by atoms with Crippen LogP contribution in [0.5, 0.6) is 0 Å². The smallest absolute Gasteiger partial charge is 0.275 e. The topological polar surface area (TPSA) is 62.4 Å². The summed E-state index contributed by atoms with van der Waals surface area (Å²) >= 11 is 0. The molecule has 0 aromatic heterocycles. The van der Waals surface area contributed by atoms with Crippen molar-refractivity contribution in [2.75, 3.05) is 0 Å². The van der Waals surface area contributed by atoms with Gasteiger partial charge in [-0.25, -0.2) is 0 Å². The van der Waals surface area contributed by atoms with Crippen molar-refractivity contribution >= 4 is 0 Å². The Hall–Kier alpha value is -2.67. The molecule has 0 aliphatic rings. The van der Waals surface area contributed by atoms with E-state index < -0.39 is 5.60 Å². The first-order valence-electron chi connectivity index (χ1n) is 5.36. The van der Waals surface area contributed by atoms with Crippen LogP contribution in [0.3, 0.4) is 0 Å². The molecule has 0 radical (unpaired) electrons. The van der Waals surface area contributed by atoms with Gasteiger partial charge < -0.3 is 4.84 Å². The number of hydrogen-bond acceptors (Lipinski definition) is 4. The lowest BCUT2D eigenvalue weighted by atomic mass is 9.88. The summed E-state index contributed by atoms with van der Waals surface area (Å²) in [5, 5.41) is 11.9. The first-order chi connectivity index (χ1) is 8.83. The van der Waals surface area contributed by atoms with Crippen LogP contribution in [0.15, 0.2) is 66.0 Å². The van der Waals surface area contributed by atoms with Crippen molar-refractivity contribution in [3.05, 3.63) is 76.7 Å². The fourth-order valence-electron chi connectivity index (χ4n) is 1.82. The number of nitrogens with zero attached hydrogens (tertiary/aromatic N) is 2. The Morgan fingerprint density at radius 3 is 1.72 bits per heavy atom. The normalized spacial score (nSPS) is 10.4. The second-order valence-corrected chi connectivity index (χ2v) is 3.69. The van der Waals surface area contributed by atoms with Crippen molar-refractivity contribution in [3.63, 3.8) is 0 Å². The minimum Gasteiger partial charge on any atom is -0.332 e. The number of nitriles is 1. The van der Waals surface area contributed by atoms with Gasteiger partial charge in [-0.1, -0.05) is 60.7 Å². The summed E-state index contributed by atoms with van der Waals surface area (Å²) in [5.74, 6) is 0. The summed E-state index contributed by atoms with van der Waals surface area (Å²) in [7, 11) is 0. The van der Waals surface area contributed by atoms with Crippen molar-refractivity contribution in [1.82, 2.24) is 0 Å². The van der Waals surface area contributed by atoms with Crippen LogP contribution in [-0.4, -0.2) is 0 Å². The van der Waals surface area contributed by atoms with Gasteiger partial charge in [-0.15, -0.1) is 4.91 Å². The molecular formula is C14H10N2O2. The molecule has 0 saturated carbocycles. The van der Waals surface area contributed by atoms with Gasteiger partial charge >= 0.3 is 0 Å². The highest BCUT2D eigenvalue weighted by Crippen LogP contribution is 2.33. The van der Waals surface area contributed by atoms with Crippen LogP contribution in [-0.2, 0) is 10.4 Å². The van der Waals surface area contributed by atoms with E-state index in [4.69, 9.17) is 4.84 Å². The van der Waals surface area contributed by atoms with E-state index in [9.17, 15) is 10.2 Å². The van der Waals surface area contributed by atoms with Gasteiger partial charge in [0.25, 0.3) is 5.60 Å². The van der Waals surface area contributed by atoms with Crippen molar-refractivity contribution < 1.29 is 4.84 Å². The SMILES string of the molecule is N#CC(ON=O)(c1ccccc1)c1ccccc1. The largest absolute Gasteiger partial charge is 0.332 e. The fraction of sp³-hybridized carbons (Fsp3) is 0.0714. The summed E-state index contributed by atoms with van der Waals surface area (Å²) in [6.07, 6.45) is 0. The van der Waals surface area contributed by atoms with Crippen molar-refractivity contribution in [3.8, 4) is 6.07 Å². The summed E-state index contributed by atoms with van der Waals surface area (Å²) in [6, 6.07) is 19.7. The summed E-state index contributed by atoms with van der Waals surface area (Å²) < 4.78 is 0. The van der Waals surface area contributed by atoms with Crippen LogP contribution >= 0.6 is 0 Å². The maximum absolute atomic E-state index is 10.5. The second kappa shape index (κ2) is 5.11. The zero-order valence-electron chi connectivity index (χ0n) is 9.48. The van der Waals surface area contributed by atoms with Crippen LogP contribution in [0.25, 0.3) is 0 Å². The van der Waals surface area contributed by atoms with E-state index in [0.29, 0.717) is 11.1 Å². The first-order valence-corrected chi connectivity index (χ1v) is 5.36. The number of benzene rings is 2. The van der Waals surface area contributed by atoms with Crippen LogP contribution < -0.4 is 0 Å². The quantitative estimate of drug-likeness (QED) is 0.607. The molecular weight excluding hydrogens is 228 g/mol. The molecule has 88 valence electrons. The molecule has 2 aromatic rings. The summed E-state index contributed by atoms with van der Waals surface area (Å²) in [6.45, 7) is 0. The number of rotatable bonds is 4. The summed E-state index contributed by atoms with van der Waals surface area (Å²) in [5.41, 5.74) is -0.360. The van der Waals surface area contributed by atoms with Gasteiger partial charge in [0.15, 0.2) is 5.34 Å². The second-order valence-electron chi connectivity index (χ2n) is 3.69.